The molecule has 0 aliphatic heterocycles. The standard InChI is InChI=1S/C13H7ClF4O/c14-9-5-11(17)8(4-12(9)18)13(19)7-2-1-6(15)3-10(7)16/h1-5,13,19H. The molecular weight excluding hydrogens is 284 g/mol. The predicted molar refractivity (Wildman–Crippen MR) is 61.8 cm³/mol. The van der Waals surface area contributed by atoms with E-state index in [1.54, 1.807) is 0 Å². The molecule has 19 heavy (non-hydrogen) atoms. The Balaban J connectivity index is 2.49. The van der Waals surface area contributed by atoms with Gasteiger partial charge >= 0.3 is 0 Å². The van der Waals surface area contributed by atoms with Gasteiger partial charge in [-0.15, -0.1) is 0 Å². The number of halogens is 5. The van der Waals surface area contributed by atoms with E-state index < -0.39 is 40.0 Å². The summed E-state index contributed by atoms with van der Waals surface area (Å²) < 4.78 is 53.0. The van der Waals surface area contributed by atoms with Crippen molar-refractivity contribution in [2.45, 2.75) is 6.10 Å². The average molecular weight is 291 g/mol. The van der Waals surface area contributed by atoms with Crippen molar-refractivity contribution in [3.05, 3.63) is 69.8 Å². The summed E-state index contributed by atoms with van der Waals surface area (Å²) in [5.41, 5.74) is -0.838. The Morgan fingerprint density at radius 2 is 1.47 bits per heavy atom. The van der Waals surface area contributed by atoms with Gasteiger partial charge in [-0.1, -0.05) is 17.7 Å². The molecule has 1 unspecified atom stereocenters. The Kier molecular flexibility index (Phi) is 3.78. The van der Waals surface area contributed by atoms with Gasteiger partial charge in [0.25, 0.3) is 0 Å². The number of hydrogen-bond donors (Lipinski definition) is 1. The molecule has 0 aromatic heterocycles. The van der Waals surface area contributed by atoms with Crippen molar-refractivity contribution in [2.75, 3.05) is 0 Å². The zero-order valence-electron chi connectivity index (χ0n) is 9.30. The lowest BCUT2D eigenvalue weighted by atomic mass is 10.0. The van der Waals surface area contributed by atoms with E-state index in [4.69, 9.17) is 11.6 Å². The molecule has 0 bridgehead atoms. The highest BCUT2D eigenvalue weighted by atomic mass is 35.5. The van der Waals surface area contributed by atoms with Gasteiger partial charge in [-0.2, -0.15) is 0 Å². The molecule has 0 aliphatic rings. The molecule has 2 aromatic rings. The van der Waals surface area contributed by atoms with Gasteiger partial charge in [-0.05, 0) is 18.2 Å². The highest BCUT2D eigenvalue weighted by Gasteiger charge is 2.21. The second-order valence-electron chi connectivity index (χ2n) is 3.86. The monoisotopic (exact) mass is 290 g/mol. The summed E-state index contributed by atoms with van der Waals surface area (Å²) >= 11 is 5.37. The van der Waals surface area contributed by atoms with Crippen molar-refractivity contribution in [1.82, 2.24) is 0 Å². The molecule has 1 N–H and O–H groups in total. The molecule has 6 heteroatoms. The zero-order valence-corrected chi connectivity index (χ0v) is 10.1. The molecule has 1 nitrogen and oxygen atoms in total. The third-order valence-corrected chi connectivity index (χ3v) is 2.88. The van der Waals surface area contributed by atoms with Crippen LogP contribution >= 0.6 is 11.6 Å². The maximum absolute atomic E-state index is 13.6. The maximum Gasteiger partial charge on any atom is 0.142 e. The third kappa shape index (κ3) is 2.72. The number of aliphatic hydroxyl groups excluding tert-OH is 1. The van der Waals surface area contributed by atoms with Crippen molar-refractivity contribution in [3.63, 3.8) is 0 Å². The van der Waals surface area contributed by atoms with Crippen molar-refractivity contribution in [3.8, 4) is 0 Å². The van der Waals surface area contributed by atoms with Crippen LogP contribution in [0.15, 0.2) is 30.3 Å². The first kappa shape index (κ1) is 13.8. The second kappa shape index (κ2) is 5.19. The maximum atomic E-state index is 13.6. The highest BCUT2D eigenvalue weighted by molar-refractivity contribution is 6.30. The lowest BCUT2D eigenvalue weighted by Gasteiger charge is -2.14. The van der Waals surface area contributed by atoms with Crippen LogP contribution in [0.1, 0.15) is 17.2 Å². The Morgan fingerprint density at radius 1 is 0.842 bits per heavy atom. The molecule has 0 saturated heterocycles. The van der Waals surface area contributed by atoms with E-state index in [0.29, 0.717) is 18.2 Å². The van der Waals surface area contributed by atoms with E-state index in [1.165, 1.54) is 0 Å². The molecule has 0 heterocycles. The minimum Gasteiger partial charge on any atom is -0.383 e. The molecule has 0 fully saturated rings. The van der Waals surface area contributed by atoms with Gasteiger partial charge in [0.05, 0.1) is 5.02 Å². The number of benzene rings is 2. The molecular formula is C13H7ClF4O. The smallest absolute Gasteiger partial charge is 0.142 e. The Morgan fingerprint density at radius 3 is 2.11 bits per heavy atom. The van der Waals surface area contributed by atoms with Gasteiger partial charge in [-0.3, -0.25) is 0 Å². The van der Waals surface area contributed by atoms with Crippen molar-refractivity contribution in [2.24, 2.45) is 0 Å². The number of aliphatic hydroxyl groups is 1. The van der Waals surface area contributed by atoms with Crippen LogP contribution in [-0.2, 0) is 0 Å². The quantitative estimate of drug-likeness (QED) is 0.655. The van der Waals surface area contributed by atoms with Crippen LogP contribution < -0.4 is 0 Å². The summed E-state index contributed by atoms with van der Waals surface area (Å²) in [6.07, 6.45) is -1.76. The fourth-order valence-corrected chi connectivity index (χ4v) is 1.79. The highest BCUT2D eigenvalue weighted by Crippen LogP contribution is 2.29. The molecule has 0 aliphatic carbocycles. The van der Waals surface area contributed by atoms with Gasteiger partial charge in [0.2, 0.25) is 0 Å². The van der Waals surface area contributed by atoms with Crippen LogP contribution in [0, 0.1) is 23.3 Å². The first-order chi connectivity index (χ1) is 8.90. The van der Waals surface area contributed by atoms with E-state index >= 15 is 0 Å². The van der Waals surface area contributed by atoms with Crippen LogP contribution in [0.2, 0.25) is 5.02 Å². The van der Waals surface area contributed by atoms with Crippen molar-refractivity contribution in [1.29, 1.82) is 0 Å². The summed E-state index contributed by atoms with van der Waals surface area (Å²) in [5, 5.41) is 9.40. The first-order valence-electron chi connectivity index (χ1n) is 5.17. The van der Waals surface area contributed by atoms with Gasteiger partial charge in [0.1, 0.15) is 29.4 Å². The summed E-state index contributed by atoms with van der Waals surface area (Å²) in [4.78, 5) is 0. The lowest BCUT2D eigenvalue weighted by molar-refractivity contribution is 0.209. The molecule has 2 aromatic carbocycles. The first-order valence-corrected chi connectivity index (χ1v) is 5.55. The van der Waals surface area contributed by atoms with Crippen LogP contribution in [0.25, 0.3) is 0 Å². The van der Waals surface area contributed by atoms with Crippen molar-refractivity contribution >= 4 is 11.6 Å². The Hall–Kier alpha value is -1.59. The SMILES string of the molecule is OC(c1ccc(F)cc1F)c1cc(F)c(Cl)cc1F. The molecule has 0 spiro atoms. The summed E-state index contributed by atoms with van der Waals surface area (Å²) in [6, 6.07) is 3.76. The fraction of sp³-hybridized carbons (Fsp3) is 0.0769. The van der Waals surface area contributed by atoms with E-state index in [9.17, 15) is 22.7 Å². The molecule has 0 radical (unpaired) electrons. The Bertz CT molecular complexity index is 630. The van der Waals surface area contributed by atoms with E-state index in [1.807, 2.05) is 0 Å². The minimum atomic E-state index is -1.76. The second-order valence-corrected chi connectivity index (χ2v) is 4.26. The molecule has 100 valence electrons. The zero-order chi connectivity index (χ0) is 14.2. The molecule has 2 rings (SSSR count). The van der Waals surface area contributed by atoms with Gasteiger partial charge in [0, 0.05) is 17.2 Å². The summed E-state index contributed by atoms with van der Waals surface area (Å²) in [7, 11) is 0. The predicted octanol–water partition coefficient (Wildman–Crippen LogP) is 3.98. The van der Waals surface area contributed by atoms with Crippen LogP contribution in [0.4, 0.5) is 17.6 Å². The largest absolute Gasteiger partial charge is 0.383 e. The van der Waals surface area contributed by atoms with Crippen LogP contribution in [-0.4, -0.2) is 5.11 Å². The molecule has 0 amide bonds. The van der Waals surface area contributed by atoms with Gasteiger partial charge < -0.3 is 5.11 Å². The topological polar surface area (TPSA) is 20.2 Å². The van der Waals surface area contributed by atoms with E-state index in [0.717, 1.165) is 12.1 Å². The summed E-state index contributed by atoms with van der Waals surface area (Å²) in [5.74, 6) is -3.82. The van der Waals surface area contributed by atoms with Crippen molar-refractivity contribution < 1.29 is 22.7 Å². The normalized spacial score (nSPS) is 12.5. The minimum absolute atomic E-state index is 0.359. The van der Waals surface area contributed by atoms with Gasteiger partial charge in [0.15, 0.2) is 0 Å². The van der Waals surface area contributed by atoms with Crippen LogP contribution in [0.3, 0.4) is 0 Å². The molecule has 0 saturated carbocycles. The number of hydrogen-bond acceptors (Lipinski definition) is 1. The van der Waals surface area contributed by atoms with Gasteiger partial charge in [-0.25, -0.2) is 17.6 Å². The lowest BCUT2D eigenvalue weighted by Crippen LogP contribution is -2.06. The third-order valence-electron chi connectivity index (χ3n) is 2.59. The average Bonchev–Trinajstić information content (AvgIpc) is 2.33. The Labute approximate surface area is 111 Å². The number of rotatable bonds is 2. The van der Waals surface area contributed by atoms with Crippen LogP contribution in [0.5, 0.6) is 0 Å². The van der Waals surface area contributed by atoms with E-state index in [-0.39, 0.29) is 5.56 Å². The summed E-state index contributed by atoms with van der Waals surface area (Å²) in [6.45, 7) is 0. The van der Waals surface area contributed by atoms with E-state index in [2.05, 4.69) is 0 Å². The fourth-order valence-electron chi connectivity index (χ4n) is 1.64. The molecule has 1 atom stereocenters.